The fourth-order valence-electron chi connectivity index (χ4n) is 1.56. The van der Waals surface area contributed by atoms with Crippen LogP contribution < -0.4 is 5.32 Å². The van der Waals surface area contributed by atoms with Crippen molar-refractivity contribution in [3.05, 3.63) is 0 Å². The Labute approximate surface area is 123 Å². The lowest BCUT2D eigenvalue weighted by Crippen LogP contribution is -2.52. The zero-order chi connectivity index (χ0) is 16.5. The first-order valence-corrected chi connectivity index (χ1v) is 6.62. The molecule has 0 saturated carbocycles. The van der Waals surface area contributed by atoms with Crippen molar-refractivity contribution in [2.24, 2.45) is 5.41 Å². The molecule has 8 heteroatoms. The van der Waals surface area contributed by atoms with Crippen LogP contribution in [-0.4, -0.2) is 50.7 Å². The van der Waals surface area contributed by atoms with Gasteiger partial charge in [0.2, 0.25) is 5.91 Å². The van der Waals surface area contributed by atoms with Crippen LogP contribution >= 0.6 is 0 Å². The monoisotopic (exact) mass is 303 g/mol. The summed E-state index contributed by atoms with van der Waals surface area (Å²) in [6, 6.07) is 0. The summed E-state index contributed by atoms with van der Waals surface area (Å²) in [5, 5.41) is 2.25. The van der Waals surface area contributed by atoms with Crippen molar-refractivity contribution < 1.29 is 33.4 Å². The summed E-state index contributed by atoms with van der Waals surface area (Å²) < 4.78 is 14.3. The zero-order valence-electron chi connectivity index (χ0n) is 12.7. The van der Waals surface area contributed by atoms with Gasteiger partial charge in [0.15, 0.2) is 0 Å². The topological polar surface area (TPSA) is 108 Å². The van der Waals surface area contributed by atoms with Crippen LogP contribution in [-0.2, 0) is 33.4 Å². The first-order chi connectivity index (χ1) is 9.90. The molecule has 0 rings (SSSR count). The molecule has 1 amide bonds. The van der Waals surface area contributed by atoms with Crippen molar-refractivity contribution in [1.29, 1.82) is 0 Å². The predicted octanol–water partition coefficient (Wildman–Crippen LogP) is -0.202. The molecule has 0 saturated heterocycles. The van der Waals surface area contributed by atoms with Gasteiger partial charge in [-0.05, 0) is 20.8 Å². The third-order valence-corrected chi connectivity index (χ3v) is 2.58. The Balaban J connectivity index is 5.79. The molecule has 0 fully saturated rings. The van der Waals surface area contributed by atoms with Gasteiger partial charge in [0.05, 0.1) is 26.2 Å². The summed E-state index contributed by atoms with van der Waals surface area (Å²) in [5.74, 6) is -4.18. The smallest absolute Gasteiger partial charge is 0.335 e. The SMILES string of the molecule is CCOC(=O)C(CC(=O)NC)(C(=O)OCC)C(=O)OCC. The van der Waals surface area contributed by atoms with Crippen molar-refractivity contribution >= 4 is 23.8 Å². The quantitative estimate of drug-likeness (QED) is 0.376. The largest absolute Gasteiger partial charge is 0.465 e. The number of nitrogens with one attached hydrogen (secondary N) is 1. The number of hydrogen-bond acceptors (Lipinski definition) is 7. The van der Waals surface area contributed by atoms with Crippen LogP contribution in [0.4, 0.5) is 0 Å². The van der Waals surface area contributed by atoms with Crippen LogP contribution in [0.3, 0.4) is 0 Å². The molecular weight excluding hydrogens is 282 g/mol. The van der Waals surface area contributed by atoms with Gasteiger partial charge in [-0.2, -0.15) is 0 Å². The Kier molecular flexibility index (Phi) is 8.03. The third kappa shape index (κ3) is 4.44. The van der Waals surface area contributed by atoms with Gasteiger partial charge in [-0.3, -0.25) is 19.2 Å². The first-order valence-electron chi connectivity index (χ1n) is 6.62. The van der Waals surface area contributed by atoms with Crippen molar-refractivity contribution in [2.75, 3.05) is 26.9 Å². The number of ether oxygens (including phenoxy) is 3. The third-order valence-electron chi connectivity index (χ3n) is 2.58. The Morgan fingerprint density at radius 3 is 1.38 bits per heavy atom. The fraction of sp³-hybridized carbons (Fsp3) is 0.692. The maximum atomic E-state index is 12.1. The molecular formula is C13H21NO7. The van der Waals surface area contributed by atoms with Crippen molar-refractivity contribution in [2.45, 2.75) is 27.2 Å². The molecule has 8 nitrogen and oxygen atoms in total. The summed E-state index contributed by atoms with van der Waals surface area (Å²) in [5.41, 5.74) is -2.44. The van der Waals surface area contributed by atoms with E-state index < -0.39 is 35.7 Å². The minimum Gasteiger partial charge on any atom is -0.465 e. The molecule has 0 spiro atoms. The number of carbonyl (C=O) groups is 4. The summed E-state index contributed by atoms with van der Waals surface area (Å²) in [6.07, 6.45) is -0.736. The van der Waals surface area contributed by atoms with Gasteiger partial charge in [-0.15, -0.1) is 0 Å². The van der Waals surface area contributed by atoms with E-state index in [0.29, 0.717) is 0 Å². The second-order valence-electron chi connectivity index (χ2n) is 3.92. The summed E-state index contributed by atoms with van der Waals surface area (Å²) in [4.78, 5) is 48.1. The minimum absolute atomic E-state index is 0.0624. The van der Waals surface area contributed by atoms with Gasteiger partial charge in [-0.25, -0.2) is 0 Å². The molecule has 120 valence electrons. The Morgan fingerprint density at radius 2 is 1.14 bits per heavy atom. The summed E-state index contributed by atoms with van der Waals surface area (Å²) in [6.45, 7) is 4.35. The number of hydrogen-bond donors (Lipinski definition) is 1. The molecule has 0 heterocycles. The standard InChI is InChI=1S/C13H21NO7/c1-5-19-10(16)13(8-9(15)14-4,11(17)20-6-2)12(18)21-7-3/h5-8H2,1-4H3,(H,14,15). The highest BCUT2D eigenvalue weighted by atomic mass is 16.6. The Hall–Kier alpha value is -2.12. The van der Waals surface area contributed by atoms with Crippen molar-refractivity contribution in [3.8, 4) is 0 Å². The molecule has 0 aliphatic rings. The molecule has 0 atom stereocenters. The number of amides is 1. The molecule has 0 aliphatic carbocycles. The van der Waals surface area contributed by atoms with E-state index >= 15 is 0 Å². The van der Waals surface area contributed by atoms with E-state index in [1.165, 1.54) is 27.8 Å². The highest BCUT2D eigenvalue weighted by Gasteiger charge is 2.58. The van der Waals surface area contributed by atoms with E-state index in [1.807, 2.05) is 0 Å². The van der Waals surface area contributed by atoms with Gasteiger partial charge < -0.3 is 19.5 Å². The molecule has 0 unspecified atom stereocenters. The first kappa shape index (κ1) is 18.9. The van der Waals surface area contributed by atoms with E-state index in [0.717, 1.165) is 0 Å². The van der Waals surface area contributed by atoms with E-state index in [1.54, 1.807) is 0 Å². The van der Waals surface area contributed by atoms with E-state index in [9.17, 15) is 19.2 Å². The van der Waals surface area contributed by atoms with Gasteiger partial charge in [0.25, 0.3) is 5.41 Å². The lowest BCUT2D eigenvalue weighted by molar-refractivity contribution is -0.185. The van der Waals surface area contributed by atoms with Crippen LogP contribution in [0.2, 0.25) is 0 Å². The maximum Gasteiger partial charge on any atom is 0.335 e. The fourth-order valence-corrected chi connectivity index (χ4v) is 1.56. The molecule has 0 radical (unpaired) electrons. The second kappa shape index (κ2) is 8.93. The summed E-state index contributed by atoms with van der Waals surface area (Å²) >= 11 is 0. The normalized spacial score (nSPS) is 10.5. The van der Waals surface area contributed by atoms with Crippen LogP contribution in [0.1, 0.15) is 27.2 Å². The van der Waals surface area contributed by atoms with Crippen molar-refractivity contribution in [1.82, 2.24) is 5.32 Å². The van der Waals surface area contributed by atoms with Gasteiger partial charge in [-0.1, -0.05) is 0 Å². The van der Waals surface area contributed by atoms with E-state index in [-0.39, 0.29) is 19.8 Å². The number of esters is 3. The lowest BCUT2D eigenvalue weighted by Gasteiger charge is -2.26. The molecule has 21 heavy (non-hydrogen) atoms. The number of rotatable bonds is 8. The van der Waals surface area contributed by atoms with Gasteiger partial charge >= 0.3 is 17.9 Å². The van der Waals surface area contributed by atoms with Crippen LogP contribution in [0.15, 0.2) is 0 Å². The van der Waals surface area contributed by atoms with E-state index in [4.69, 9.17) is 14.2 Å². The van der Waals surface area contributed by atoms with Crippen LogP contribution in [0, 0.1) is 5.41 Å². The van der Waals surface area contributed by atoms with Crippen molar-refractivity contribution in [3.63, 3.8) is 0 Å². The molecule has 0 aromatic heterocycles. The molecule has 0 bridgehead atoms. The average Bonchev–Trinajstić information content (AvgIpc) is 2.44. The predicted molar refractivity (Wildman–Crippen MR) is 71.0 cm³/mol. The van der Waals surface area contributed by atoms with Gasteiger partial charge in [0.1, 0.15) is 0 Å². The average molecular weight is 303 g/mol. The van der Waals surface area contributed by atoms with Crippen LogP contribution in [0.5, 0.6) is 0 Å². The maximum absolute atomic E-state index is 12.1. The highest BCUT2D eigenvalue weighted by Crippen LogP contribution is 2.29. The zero-order valence-corrected chi connectivity index (χ0v) is 12.7. The van der Waals surface area contributed by atoms with Gasteiger partial charge in [0, 0.05) is 7.05 Å². The minimum atomic E-state index is -2.44. The summed E-state index contributed by atoms with van der Waals surface area (Å²) in [7, 11) is 1.31. The Bertz CT molecular complexity index is 360. The Morgan fingerprint density at radius 1 is 0.810 bits per heavy atom. The number of carbonyl (C=O) groups excluding carboxylic acids is 4. The second-order valence-corrected chi connectivity index (χ2v) is 3.92. The molecule has 0 aliphatic heterocycles. The van der Waals surface area contributed by atoms with Crippen LogP contribution in [0.25, 0.3) is 0 Å². The highest BCUT2D eigenvalue weighted by molar-refractivity contribution is 6.20. The lowest BCUT2D eigenvalue weighted by atomic mass is 9.83. The molecule has 0 aromatic carbocycles. The van der Waals surface area contributed by atoms with E-state index in [2.05, 4.69) is 5.32 Å². The molecule has 1 N–H and O–H groups in total. The molecule has 0 aromatic rings.